The van der Waals surface area contributed by atoms with Crippen LogP contribution < -0.4 is 0 Å². The summed E-state index contributed by atoms with van der Waals surface area (Å²) in [6.07, 6.45) is 0. The number of aryl methyl sites for hydroxylation is 2. The first kappa shape index (κ1) is 14.2. The summed E-state index contributed by atoms with van der Waals surface area (Å²) in [5, 5.41) is 8.65. The van der Waals surface area contributed by atoms with E-state index in [-0.39, 0.29) is 0 Å². The van der Waals surface area contributed by atoms with Crippen molar-refractivity contribution >= 4 is 11.4 Å². The predicted octanol–water partition coefficient (Wildman–Crippen LogP) is 4.54. The van der Waals surface area contributed by atoms with Crippen molar-refractivity contribution in [1.82, 2.24) is 0 Å². The fourth-order valence-corrected chi connectivity index (χ4v) is 1.85. The van der Waals surface area contributed by atoms with Gasteiger partial charge in [0.15, 0.2) is 0 Å². The molecule has 2 aromatic carbocycles. The highest BCUT2D eigenvalue weighted by Gasteiger charge is 1.98. The van der Waals surface area contributed by atoms with Crippen LogP contribution in [-0.2, 0) is 0 Å². The molecule has 0 spiro atoms. The zero-order valence-electron chi connectivity index (χ0n) is 12.5. The first-order chi connectivity index (χ1) is 9.56. The SMILES string of the molecule is C/C(=N/N=C(/C)c1ccc(C)cc1)c1ccc(C)cc1. The molecular weight excluding hydrogens is 244 g/mol. The fourth-order valence-electron chi connectivity index (χ4n) is 1.85. The highest BCUT2D eigenvalue weighted by molar-refractivity contribution is 6.01. The van der Waals surface area contributed by atoms with E-state index >= 15 is 0 Å². The van der Waals surface area contributed by atoms with Gasteiger partial charge in [0.25, 0.3) is 0 Å². The van der Waals surface area contributed by atoms with E-state index in [1.165, 1.54) is 11.1 Å². The number of rotatable bonds is 3. The van der Waals surface area contributed by atoms with Crippen molar-refractivity contribution in [2.75, 3.05) is 0 Å². The molecule has 0 fully saturated rings. The second-order valence-corrected chi connectivity index (χ2v) is 5.10. The Balaban J connectivity index is 2.19. The Morgan fingerprint density at radius 1 is 0.600 bits per heavy atom. The highest BCUT2D eigenvalue weighted by atomic mass is 15.2. The Morgan fingerprint density at radius 3 is 1.20 bits per heavy atom. The first-order valence-corrected chi connectivity index (χ1v) is 6.79. The summed E-state index contributed by atoms with van der Waals surface area (Å²) < 4.78 is 0. The van der Waals surface area contributed by atoms with Crippen molar-refractivity contribution in [3.05, 3.63) is 70.8 Å². The van der Waals surface area contributed by atoms with Crippen LogP contribution in [0.5, 0.6) is 0 Å². The van der Waals surface area contributed by atoms with Crippen LogP contribution in [0.3, 0.4) is 0 Å². The number of nitrogens with zero attached hydrogens (tertiary/aromatic N) is 2. The van der Waals surface area contributed by atoms with Crippen molar-refractivity contribution in [1.29, 1.82) is 0 Å². The molecule has 0 radical (unpaired) electrons. The van der Waals surface area contributed by atoms with Crippen molar-refractivity contribution in [2.24, 2.45) is 10.2 Å². The number of hydrogen-bond acceptors (Lipinski definition) is 2. The predicted molar refractivity (Wildman–Crippen MR) is 86.8 cm³/mol. The van der Waals surface area contributed by atoms with E-state index < -0.39 is 0 Å². The third-order valence-electron chi connectivity index (χ3n) is 3.29. The van der Waals surface area contributed by atoms with Gasteiger partial charge >= 0.3 is 0 Å². The van der Waals surface area contributed by atoms with E-state index in [2.05, 4.69) is 72.6 Å². The standard InChI is InChI=1S/C18H20N2/c1-13-5-9-17(10-6-13)15(3)19-20-16(4)18-11-7-14(2)8-12-18/h5-12H,1-4H3/b19-15-,20-16-. The minimum absolute atomic E-state index is 0.927. The van der Waals surface area contributed by atoms with Crippen LogP contribution in [0.4, 0.5) is 0 Å². The Labute approximate surface area is 120 Å². The molecule has 2 aromatic rings. The zero-order chi connectivity index (χ0) is 14.5. The molecule has 0 amide bonds. The van der Waals surface area contributed by atoms with Crippen LogP contribution in [0, 0.1) is 13.8 Å². The lowest BCUT2D eigenvalue weighted by Gasteiger charge is -2.01. The second kappa shape index (κ2) is 6.29. The third kappa shape index (κ3) is 3.64. The van der Waals surface area contributed by atoms with Crippen LogP contribution in [0.15, 0.2) is 58.7 Å². The lowest BCUT2D eigenvalue weighted by molar-refractivity contribution is 1.21. The topological polar surface area (TPSA) is 24.7 Å². The van der Waals surface area contributed by atoms with E-state index in [9.17, 15) is 0 Å². The van der Waals surface area contributed by atoms with Crippen molar-refractivity contribution in [2.45, 2.75) is 27.7 Å². The molecule has 0 aliphatic heterocycles. The van der Waals surface area contributed by atoms with Crippen LogP contribution in [0.1, 0.15) is 36.1 Å². The molecule has 2 heteroatoms. The van der Waals surface area contributed by atoms with Gasteiger partial charge < -0.3 is 0 Å². The molecule has 0 atom stereocenters. The second-order valence-electron chi connectivity index (χ2n) is 5.10. The lowest BCUT2D eigenvalue weighted by Crippen LogP contribution is -1.97. The van der Waals surface area contributed by atoms with Crippen LogP contribution in [0.25, 0.3) is 0 Å². The van der Waals surface area contributed by atoms with Gasteiger partial charge in [-0.3, -0.25) is 0 Å². The molecule has 0 saturated carbocycles. The molecule has 0 N–H and O–H groups in total. The van der Waals surface area contributed by atoms with E-state index in [4.69, 9.17) is 0 Å². The molecule has 2 rings (SSSR count). The van der Waals surface area contributed by atoms with E-state index in [0.717, 1.165) is 22.6 Å². The average Bonchev–Trinajstić information content (AvgIpc) is 2.46. The van der Waals surface area contributed by atoms with Crippen LogP contribution >= 0.6 is 0 Å². The van der Waals surface area contributed by atoms with Gasteiger partial charge in [0.2, 0.25) is 0 Å². The minimum Gasteiger partial charge on any atom is -0.155 e. The summed E-state index contributed by atoms with van der Waals surface area (Å²) in [7, 11) is 0. The maximum absolute atomic E-state index is 4.33. The highest BCUT2D eigenvalue weighted by Crippen LogP contribution is 2.07. The van der Waals surface area contributed by atoms with Crippen LogP contribution in [-0.4, -0.2) is 11.4 Å². The summed E-state index contributed by atoms with van der Waals surface area (Å²) in [6, 6.07) is 16.6. The van der Waals surface area contributed by atoms with Gasteiger partial charge in [-0.2, -0.15) is 10.2 Å². The minimum atomic E-state index is 0.927. The summed E-state index contributed by atoms with van der Waals surface area (Å²) in [5.41, 5.74) is 6.57. The summed E-state index contributed by atoms with van der Waals surface area (Å²) in [6.45, 7) is 8.12. The molecule has 0 bridgehead atoms. The summed E-state index contributed by atoms with van der Waals surface area (Å²) in [5.74, 6) is 0. The van der Waals surface area contributed by atoms with Gasteiger partial charge in [-0.1, -0.05) is 59.7 Å². The first-order valence-electron chi connectivity index (χ1n) is 6.79. The summed E-state index contributed by atoms with van der Waals surface area (Å²) >= 11 is 0. The maximum atomic E-state index is 4.33. The normalized spacial score (nSPS) is 12.6. The quantitative estimate of drug-likeness (QED) is 0.574. The molecule has 0 unspecified atom stereocenters. The largest absolute Gasteiger partial charge is 0.155 e. The molecule has 0 aliphatic rings. The van der Waals surface area contributed by atoms with Crippen molar-refractivity contribution < 1.29 is 0 Å². The van der Waals surface area contributed by atoms with Gasteiger partial charge in [0, 0.05) is 0 Å². The monoisotopic (exact) mass is 264 g/mol. The van der Waals surface area contributed by atoms with Gasteiger partial charge in [-0.15, -0.1) is 0 Å². The molecule has 2 nitrogen and oxygen atoms in total. The molecule has 0 saturated heterocycles. The van der Waals surface area contributed by atoms with E-state index in [1.807, 2.05) is 13.8 Å². The zero-order valence-corrected chi connectivity index (χ0v) is 12.5. The van der Waals surface area contributed by atoms with Gasteiger partial charge in [0.05, 0.1) is 11.4 Å². The maximum Gasteiger partial charge on any atom is 0.0671 e. The van der Waals surface area contributed by atoms with Crippen LogP contribution in [0.2, 0.25) is 0 Å². The smallest absolute Gasteiger partial charge is 0.0671 e. The molecule has 20 heavy (non-hydrogen) atoms. The van der Waals surface area contributed by atoms with Gasteiger partial charge in [-0.25, -0.2) is 0 Å². The lowest BCUT2D eigenvalue weighted by atomic mass is 10.1. The molecule has 0 aromatic heterocycles. The average molecular weight is 264 g/mol. The third-order valence-corrected chi connectivity index (χ3v) is 3.29. The molecule has 102 valence electrons. The van der Waals surface area contributed by atoms with E-state index in [1.54, 1.807) is 0 Å². The van der Waals surface area contributed by atoms with E-state index in [0.29, 0.717) is 0 Å². The summed E-state index contributed by atoms with van der Waals surface area (Å²) in [4.78, 5) is 0. The Kier molecular flexibility index (Phi) is 4.46. The Bertz CT molecular complexity index is 573. The van der Waals surface area contributed by atoms with Gasteiger partial charge in [-0.05, 0) is 38.8 Å². The van der Waals surface area contributed by atoms with Crippen molar-refractivity contribution in [3.63, 3.8) is 0 Å². The number of hydrogen-bond donors (Lipinski definition) is 0. The Morgan fingerprint density at radius 2 is 0.900 bits per heavy atom. The molecule has 0 aliphatic carbocycles. The molecular formula is C18H20N2. The molecule has 0 heterocycles. The van der Waals surface area contributed by atoms with Gasteiger partial charge in [0.1, 0.15) is 0 Å². The fraction of sp³-hybridized carbons (Fsp3) is 0.222. The Hall–Kier alpha value is -2.22. The number of benzene rings is 2. The van der Waals surface area contributed by atoms with Crippen molar-refractivity contribution in [3.8, 4) is 0 Å².